The fourth-order valence-electron chi connectivity index (χ4n) is 1.60. The standard InChI is InChI=1S/C12H15F3N2O4S/c1-16-10(18)5-6-22(19,20)7-8-3-4-9(12(13,14)15)17-11(8)21-2/h3-4H,5-7H2,1-2H3,(H,16,18). The van der Waals surface area contributed by atoms with Gasteiger partial charge in [-0.3, -0.25) is 4.79 Å². The van der Waals surface area contributed by atoms with Gasteiger partial charge in [-0.2, -0.15) is 13.2 Å². The molecule has 1 aromatic heterocycles. The lowest BCUT2D eigenvalue weighted by molar-refractivity contribution is -0.141. The predicted molar refractivity (Wildman–Crippen MR) is 72.0 cm³/mol. The van der Waals surface area contributed by atoms with E-state index in [-0.39, 0.29) is 12.0 Å². The highest BCUT2D eigenvalue weighted by molar-refractivity contribution is 7.90. The van der Waals surface area contributed by atoms with Gasteiger partial charge in [-0.05, 0) is 6.07 Å². The summed E-state index contributed by atoms with van der Waals surface area (Å²) in [5, 5.41) is 2.28. The molecule has 0 saturated carbocycles. The number of halogens is 3. The molecule has 124 valence electrons. The number of nitrogens with one attached hydrogen (secondary N) is 1. The molecule has 1 rings (SSSR count). The minimum Gasteiger partial charge on any atom is -0.481 e. The van der Waals surface area contributed by atoms with Gasteiger partial charge in [0.25, 0.3) is 0 Å². The van der Waals surface area contributed by atoms with Crippen molar-refractivity contribution in [3.8, 4) is 5.88 Å². The van der Waals surface area contributed by atoms with E-state index in [0.29, 0.717) is 6.07 Å². The molecule has 0 aliphatic rings. The van der Waals surface area contributed by atoms with Crippen LogP contribution in [0.2, 0.25) is 0 Å². The predicted octanol–water partition coefficient (Wildman–Crippen LogP) is 1.16. The highest BCUT2D eigenvalue weighted by atomic mass is 32.2. The zero-order chi connectivity index (χ0) is 17.0. The smallest absolute Gasteiger partial charge is 0.433 e. The van der Waals surface area contributed by atoms with Gasteiger partial charge in [0.2, 0.25) is 11.8 Å². The molecular formula is C12H15F3N2O4S. The zero-order valence-electron chi connectivity index (χ0n) is 11.9. The van der Waals surface area contributed by atoms with E-state index in [4.69, 9.17) is 4.74 Å². The fraction of sp³-hybridized carbons (Fsp3) is 0.500. The average molecular weight is 340 g/mol. The van der Waals surface area contributed by atoms with Crippen molar-refractivity contribution < 1.29 is 31.1 Å². The van der Waals surface area contributed by atoms with Crippen molar-refractivity contribution in [2.45, 2.75) is 18.3 Å². The van der Waals surface area contributed by atoms with E-state index in [1.54, 1.807) is 0 Å². The lowest BCUT2D eigenvalue weighted by atomic mass is 10.2. The van der Waals surface area contributed by atoms with Crippen molar-refractivity contribution in [2.75, 3.05) is 19.9 Å². The van der Waals surface area contributed by atoms with Gasteiger partial charge >= 0.3 is 6.18 Å². The molecular weight excluding hydrogens is 325 g/mol. The number of pyridine rings is 1. The van der Waals surface area contributed by atoms with E-state index in [0.717, 1.165) is 13.2 Å². The molecule has 0 aliphatic heterocycles. The highest BCUT2D eigenvalue weighted by Gasteiger charge is 2.33. The zero-order valence-corrected chi connectivity index (χ0v) is 12.7. The van der Waals surface area contributed by atoms with Crippen LogP contribution in [0.5, 0.6) is 5.88 Å². The van der Waals surface area contributed by atoms with Gasteiger partial charge in [-0.25, -0.2) is 13.4 Å². The summed E-state index contributed by atoms with van der Waals surface area (Å²) >= 11 is 0. The summed E-state index contributed by atoms with van der Waals surface area (Å²) in [6, 6.07) is 1.69. The molecule has 6 nitrogen and oxygen atoms in total. The van der Waals surface area contributed by atoms with Gasteiger partial charge < -0.3 is 10.1 Å². The molecule has 0 atom stereocenters. The number of nitrogens with zero attached hydrogens (tertiary/aromatic N) is 1. The Hall–Kier alpha value is -1.84. The van der Waals surface area contributed by atoms with Crippen molar-refractivity contribution in [2.24, 2.45) is 0 Å². The average Bonchev–Trinajstić information content (AvgIpc) is 2.43. The summed E-state index contributed by atoms with van der Waals surface area (Å²) in [7, 11) is -1.21. The molecule has 1 heterocycles. The van der Waals surface area contributed by atoms with Crippen LogP contribution in [0.25, 0.3) is 0 Å². The molecule has 10 heteroatoms. The topological polar surface area (TPSA) is 85.4 Å². The summed E-state index contributed by atoms with van der Waals surface area (Å²) in [6.45, 7) is 0. The van der Waals surface area contributed by atoms with Crippen LogP contribution in [-0.4, -0.2) is 39.2 Å². The number of amides is 1. The second-order valence-corrected chi connectivity index (χ2v) is 6.56. The largest absolute Gasteiger partial charge is 0.481 e. The SMILES string of the molecule is CNC(=O)CCS(=O)(=O)Cc1ccc(C(F)(F)F)nc1OC. The Labute approximate surface area is 125 Å². The number of hydrogen-bond donors (Lipinski definition) is 1. The quantitative estimate of drug-likeness (QED) is 0.840. The van der Waals surface area contributed by atoms with Crippen LogP contribution in [-0.2, 0) is 26.6 Å². The maximum absolute atomic E-state index is 12.5. The highest BCUT2D eigenvalue weighted by Crippen LogP contribution is 2.30. The Morgan fingerprint density at radius 1 is 1.36 bits per heavy atom. The number of methoxy groups -OCH3 is 1. The molecule has 0 saturated heterocycles. The van der Waals surface area contributed by atoms with Crippen molar-refractivity contribution >= 4 is 15.7 Å². The molecule has 0 radical (unpaired) electrons. The van der Waals surface area contributed by atoms with Crippen LogP contribution in [0.3, 0.4) is 0 Å². The second kappa shape index (κ2) is 6.95. The van der Waals surface area contributed by atoms with Crippen molar-refractivity contribution in [1.29, 1.82) is 0 Å². The van der Waals surface area contributed by atoms with Crippen LogP contribution in [0, 0.1) is 0 Å². The second-order valence-electron chi connectivity index (χ2n) is 4.38. The van der Waals surface area contributed by atoms with Gasteiger partial charge in [0.1, 0.15) is 5.69 Å². The summed E-state index contributed by atoms with van der Waals surface area (Å²) < 4.78 is 66.1. The Balaban J connectivity index is 2.95. The molecule has 1 aromatic rings. The normalized spacial score (nSPS) is 12.0. The fourth-order valence-corrected chi connectivity index (χ4v) is 2.93. The molecule has 0 unspecified atom stereocenters. The van der Waals surface area contributed by atoms with Crippen molar-refractivity contribution in [1.82, 2.24) is 10.3 Å². The third kappa shape index (κ3) is 5.17. The Morgan fingerprint density at radius 3 is 2.50 bits per heavy atom. The van der Waals surface area contributed by atoms with Gasteiger partial charge in [0.05, 0.1) is 18.6 Å². The minimum atomic E-state index is -4.65. The van der Waals surface area contributed by atoms with E-state index in [2.05, 4.69) is 10.3 Å². The van der Waals surface area contributed by atoms with Crippen LogP contribution in [0.1, 0.15) is 17.7 Å². The number of hydrogen-bond acceptors (Lipinski definition) is 5. The van der Waals surface area contributed by atoms with Crippen LogP contribution in [0.4, 0.5) is 13.2 Å². The molecule has 1 N–H and O–H groups in total. The summed E-state index contributed by atoms with van der Waals surface area (Å²) in [5.41, 5.74) is -1.16. The van der Waals surface area contributed by atoms with E-state index in [9.17, 15) is 26.4 Å². The first-order valence-electron chi connectivity index (χ1n) is 6.11. The van der Waals surface area contributed by atoms with E-state index in [1.165, 1.54) is 7.05 Å². The van der Waals surface area contributed by atoms with E-state index < -0.39 is 45.0 Å². The summed E-state index contributed by atoms with van der Waals surface area (Å²) in [4.78, 5) is 14.3. The van der Waals surface area contributed by atoms with Gasteiger partial charge in [0, 0.05) is 19.0 Å². The van der Waals surface area contributed by atoms with Crippen molar-refractivity contribution in [3.63, 3.8) is 0 Å². The maximum atomic E-state index is 12.5. The van der Waals surface area contributed by atoms with Crippen LogP contribution < -0.4 is 10.1 Å². The molecule has 0 aromatic carbocycles. The number of carbonyl (C=O) groups excluding carboxylic acids is 1. The molecule has 1 amide bonds. The number of carbonyl (C=O) groups is 1. The lowest BCUT2D eigenvalue weighted by Crippen LogP contribution is -2.22. The van der Waals surface area contributed by atoms with E-state index >= 15 is 0 Å². The minimum absolute atomic E-state index is 0.00686. The third-order valence-corrected chi connectivity index (χ3v) is 4.29. The first kappa shape index (κ1) is 18.2. The van der Waals surface area contributed by atoms with Gasteiger partial charge in [-0.15, -0.1) is 0 Å². The summed E-state index contributed by atoms with van der Waals surface area (Å²) in [5.74, 6) is -1.82. The third-order valence-electron chi connectivity index (χ3n) is 2.72. The Morgan fingerprint density at radius 2 is 2.00 bits per heavy atom. The summed E-state index contributed by atoms with van der Waals surface area (Å²) in [6.07, 6.45) is -4.88. The van der Waals surface area contributed by atoms with E-state index in [1.807, 2.05) is 0 Å². The number of aromatic nitrogens is 1. The maximum Gasteiger partial charge on any atom is 0.433 e. The van der Waals surface area contributed by atoms with Gasteiger partial charge in [-0.1, -0.05) is 6.07 Å². The number of ether oxygens (including phenoxy) is 1. The first-order valence-corrected chi connectivity index (χ1v) is 7.93. The Bertz CT molecular complexity index is 644. The lowest BCUT2D eigenvalue weighted by Gasteiger charge is -2.11. The monoisotopic (exact) mass is 340 g/mol. The molecule has 0 aliphatic carbocycles. The molecule has 0 spiro atoms. The van der Waals surface area contributed by atoms with Gasteiger partial charge in [0.15, 0.2) is 9.84 Å². The number of alkyl halides is 3. The van der Waals surface area contributed by atoms with Crippen LogP contribution in [0.15, 0.2) is 12.1 Å². The van der Waals surface area contributed by atoms with Crippen LogP contribution >= 0.6 is 0 Å². The Kier molecular flexibility index (Phi) is 5.75. The molecule has 22 heavy (non-hydrogen) atoms. The van der Waals surface area contributed by atoms with Crippen molar-refractivity contribution in [3.05, 3.63) is 23.4 Å². The number of sulfone groups is 1. The molecule has 0 fully saturated rings. The number of rotatable bonds is 6. The molecule has 0 bridgehead atoms. The first-order chi connectivity index (χ1) is 10.1.